The van der Waals surface area contributed by atoms with Crippen molar-refractivity contribution in [1.29, 1.82) is 0 Å². The smallest absolute Gasteiger partial charge is 0.291 e. The number of likely N-dealkylation sites (tertiary alicyclic amines) is 1. The molecule has 0 spiro atoms. The second-order valence-corrected chi connectivity index (χ2v) is 6.53. The minimum absolute atomic E-state index is 0.179. The summed E-state index contributed by atoms with van der Waals surface area (Å²) in [5.41, 5.74) is 1.03. The summed E-state index contributed by atoms with van der Waals surface area (Å²) in [6, 6.07) is 7.63. The van der Waals surface area contributed by atoms with Crippen LogP contribution in [-0.4, -0.2) is 34.4 Å². The van der Waals surface area contributed by atoms with Crippen LogP contribution >= 0.6 is 0 Å². The Kier molecular flexibility index (Phi) is 4.91. The molecule has 140 valence electrons. The maximum Gasteiger partial charge on any atom is 0.291 e. The SMILES string of the molecule is COc1ccccc1Cc1cnc(C2CCCCN2C(=O)c2cnco2)o1. The number of hydrogen-bond acceptors (Lipinski definition) is 6. The van der Waals surface area contributed by atoms with Crippen molar-refractivity contribution in [3.05, 3.63) is 66.0 Å². The summed E-state index contributed by atoms with van der Waals surface area (Å²) in [5, 5.41) is 0. The normalized spacial score (nSPS) is 17.1. The summed E-state index contributed by atoms with van der Waals surface area (Å²) in [4.78, 5) is 22.8. The van der Waals surface area contributed by atoms with Crippen LogP contribution in [0.2, 0.25) is 0 Å². The van der Waals surface area contributed by atoms with E-state index in [0.717, 1.165) is 36.3 Å². The third-order valence-corrected chi connectivity index (χ3v) is 4.82. The predicted octanol–water partition coefficient (Wildman–Crippen LogP) is 3.63. The van der Waals surface area contributed by atoms with Crippen molar-refractivity contribution in [1.82, 2.24) is 14.9 Å². The van der Waals surface area contributed by atoms with Gasteiger partial charge in [-0.05, 0) is 25.3 Å². The van der Waals surface area contributed by atoms with Crippen molar-refractivity contribution in [2.24, 2.45) is 0 Å². The summed E-state index contributed by atoms with van der Waals surface area (Å²) in [5.74, 6) is 2.18. The van der Waals surface area contributed by atoms with Crippen LogP contribution in [-0.2, 0) is 6.42 Å². The molecule has 7 nitrogen and oxygen atoms in total. The summed E-state index contributed by atoms with van der Waals surface area (Å²) in [7, 11) is 1.65. The minimum atomic E-state index is -0.192. The number of oxazole rings is 2. The van der Waals surface area contributed by atoms with E-state index in [-0.39, 0.29) is 17.7 Å². The van der Waals surface area contributed by atoms with Gasteiger partial charge < -0.3 is 18.5 Å². The van der Waals surface area contributed by atoms with E-state index >= 15 is 0 Å². The van der Waals surface area contributed by atoms with Crippen molar-refractivity contribution >= 4 is 5.91 Å². The number of carbonyl (C=O) groups is 1. The molecule has 4 rings (SSSR count). The summed E-state index contributed by atoms with van der Waals surface area (Å²) >= 11 is 0. The molecule has 1 fully saturated rings. The van der Waals surface area contributed by atoms with Crippen LogP contribution in [0.15, 0.2) is 51.9 Å². The summed E-state index contributed by atoms with van der Waals surface area (Å²) in [6.45, 7) is 0.647. The molecule has 0 radical (unpaired) electrons. The van der Waals surface area contributed by atoms with E-state index < -0.39 is 0 Å². The third kappa shape index (κ3) is 3.58. The van der Waals surface area contributed by atoms with Crippen LogP contribution in [0.1, 0.15) is 53.1 Å². The molecule has 27 heavy (non-hydrogen) atoms. The molecule has 7 heteroatoms. The second kappa shape index (κ2) is 7.65. The molecule has 0 saturated carbocycles. The number of para-hydroxylation sites is 1. The average Bonchev–Trinajstić information content (AvgIpc) is 3.40. The first-order chi connectivity index (χ1) is 13.3. The van der Waals surface area contributed by atoms with Gasteiger partial charge in [0, 0.05) is 18.5 Å². The molecule has 1 amide bonds. The first kappa shape index (κ1) is 17.3. The lowest BCUT2D eigenvalue weighted by molar-refractivity contribution is 0.0538. The van der Waals surface area contributed by atoms with Gasteiger partial charge in [-0.2, -0.15) is 0 Å². The number of aromatic nitrogens is 2. The van der Waals surface area contributed by atoms with Gasteiger partial charge in [0.05, 0.1) is 19.5 Å². The zero-order chi connectivity index (χ0) is 18.6. The molecule has 0 N–H and O–H groups in total. The van der Waals surface area contributed by atoms with Gasteiger partial charge in [-0.25, -0.2) is 9.97 Å². The van der Waals surface area contributed by atoms with Gasteiger partial charge in [0.1, 0.15) is 17.6 Å². The van der Waals surface area contributed by atoms with Crippen molar-refractivity contribution in [2.45, 2.75) is 31.7 Å². The van der Waals surface area contributed by atoms with Gasteiger partial charge in [-0.3, -0.25) is 4.79 Å². The zero-order valence-electron chi connectivity index (χ0n) is 15.1. The standard InChI is InChI=1S/C20H21N3O4/c1-25-17-8-3-2-6-14(17)10-15-11-22-19(27-15)16-7-4-5-9-23(16)20(24)18-12-21-13-26-18/h2-3,6,8,11-13,16H,4-5,7,9-10H2,1H3. The van der Waals surface area contributed by atoms with Crippen LogP contribution in [0, 0.1) is 0 Å². The molecule has 1 aromatic carbocycles. The van der Waals surface area contributed by atoms with Gasteiger partial charge in [0.15, 0.2) is 6.39 Å². The Balaban J connectivity index is 1.54. The number of rotatable bonds is 5. The Hall–Kier alpha value is -3.09. The maximum atomic E-state index is 12.7. The highest BCUT2D eigenvalue weighted by molar-refractivity contribution is 5.91. The average molecular weight is 367 g/mol. The Labute approximate surface area is 157 Å². The van der Waals surface area contributed by atoms with Crippen LogP contribution in [0.4, 0.5) is 0 Å². The van der Waals surface area contributed by atoms with Gasteiger partial charge in [-0.1, -0.05) is 18.2 Å². The van der Waals surface area contributed by atoms with Gasteiger partial charge in [0.25, 0.3) is 5.91 Å². The summed E-state index contributed by atoms with van der Waals surface area (Å²) in [6.07, 6.45) is 7.81. The molecule has 1 saturated heterocycles. The van der Waals surface area contributed by atoms with Crippen molar-refractivity contribution in [2.75, 3.05) is 13.7 Å². The van der Waals surface area contributed by atoms with Crippen molar-refractivity contribution in [3.63, 3.8) is 0 Å². The van der Waals surface area contributed by atoms with Crippen LogP contribution in [0.3, 0.4) is 0 Å². The zero-order valence-corrected chi connectivity index (χ0v) is 15.1. The van der Waals surface area contributed by atoms with E-state index in [2.05, 4.69) is 9.97 Å². The quantitative estimate of drug-likeness (QED) is 0.685. The van der Waals surface area contributed by atoms with Crippen molar-refractivity contribution < 1.29 is 18.4 Å². The van der Waals surface area contributed by atoms with Gasteiger partial charge in [0.2, 0.25) is 11.7 Å². The maximum absolute atomic E-state index is 12.7. The number of amides is 1. The van der Waals surface area contributed by atoms with Gasteiger partial charge >= 0.3 is 0 Å². The number of benzene rings is 1. The minimum Gasteiger partial charge on any atom is -0.496 e. The van der Waals surface area contributed by atoms with E-state index in [4.69, 9.17) is 13.6 Å². The van der Waals surface area contributed by atoms with Crippen LogP contribution in [0.5, 0.6) is 5.75 Å². The Bertz CT molecular complexity index is 904. The van der Waals surface area contributed by atoms with Crippen molar-refractivity contribution in [3.8, 4) is 5.75 Å². The lowest BCUT2D eigenvalue weighted by Crippen LogP contribution is -2.38. The number of hydrogen-bond donors (Lipinski definition) is 0. The molecule has 1 aliphatic heterocycles. The van der Waals surface area contributed by atoms with Gasteiger partial charge in [-0.15, -0.1) is 0 Å². The van der Waals surface area contributed by atoms with E-state index in [0.29, 0.717) is 18.9 Å². The third-order valence-electron chi connectivity index (χ3n) is 4.82. The molecule has 1 unspecified atom stereocenters. The van der Waals surface area contributed by atoms with E-state index in [9.17, 15) is 4.79 Å². The number of methoxy groups -OCH3 is 1. The summed E-state index contributed by atoms with van der Waals surface area (Å²) < 4.78 is 16.6. The molecule has 3 heterocycles. The highest BCUT2D eigenvalue weighted by Gasteiger charge is 2.33. The largest absolute Gasteiger partial charge is 0.496 e. The van der Waals surface area contributed by atoms with E-state index in [1.54, 1.807) is 18.2 Å². The Morgan fingerprint density at radius 2 is 2.19 bits per heavy atom. The number of carbonyl (C=O) groups excluding carboxylic acids is 1. The second-order valence-electron chi connectivity index (χ2n) is 6.53. The highest BCUT2D eigenvalue weighted by atomic mass is 16.5. The molecular weight excluding hydrogens is 346 g/mol. The Morgan fingerprint density at radius 3 is 3.00 bits per heavy atom. The van der Waals surface area contributed by atoms with E-state index in [1.165, 1.54) is 12.6 Å². The lowest BCUT2D eigenvalue weighted by atomic mass is 10.0. The fraction of sp³-hybridized carbons (Fsp3) is 0.350. The predicted molar refractivity (Wildman–Crippen MR) is 96.4 cm³/mol. The lowest BCUT2D eigenvalue weighted by Gasteiger charge is -2.33. The number of ether oxygens (including phenoxy) is 1. The van der Waals surface area contributed by atoms with Crippen LogP contribution < -0.4 is 4.74 Å². The highest BCUT2D eigenvalue weighted by Crippen LogP contribution is 2.32. The fourth-order valence-corrected chi connectivity index (χ4v) is 3.49. The Morgan fingerprint density at radius 1 is 1.30 bits per heavy atom. The van der Waals surface area contributed by atoms with E-state index in [1.807, 2.05) is 24.3 Å². The molecule has 1 aliphatic rings. The number of piperidine rings is 1. The fourth-order valence-electron chi connectivity index (χ4n) is 3.49. The molecular formula is C20H21N3O4. The molecule has 0 bridgehead atoms. The molecule has 2 aromatic heterocycles. The first-order valence-corrected chi connectivity index (χ1v) is 9.02. The first-order valence-electron chi connectivity index (χ1n) is 9.02. The van der Waals surface area contributed by atoms with Crippen LogP contribution in [0.25, 0.3) is 0 Å². The molecule has 1 atom stereocenters. The monoisotopic (exact) mass is 367 g/mol. The number of nitrogens with zero attached hydrogens (tertiary/aromatic N) is 3. The molecule has 3 aromatic rings. The molecule has 0 aliphatic carbocycles. The topological polar surface area (TPSA) is 81.6 Å².